The molecule has 1 aromatic heterocycles. The zero-order valence-electron chi connectivity index (χ0n) is 10.3. The number of hydrogen-bond donors (Lipinski definition) is 1. The van der Waals surface area contributed by atoms with Gasteiger partial charge in [0.25, 0.3) is 0 Å². The molecule has 1 aliphatic rings. The summed E-state index contributed by atoms with van der Waals surface area (Å²) in [5, 5.41) is 3.22. The maximum atomic E-state index is 6.23. The van der Waals surface area contributed by atoms with E-state index in [9.17, 15) is 0 Å². The summed E-state index contributed by atoms with van der Waals surface area (Å²) in [6.45, 7) is 2.00. The molecule has 0 unspecified atom stereocenters. The first kappa shape index (κ1) is 13.0. The van der Waals surface area contributed by atoms with Gasteiger partial charge >= 0.3 is 0 Å². The minimum Gasteiger partial charge on any atom is -0.382 e. The third-order valence-electron chi connectivity index (χ3n) is 3.20. The number of rotatable bonds is 7. The highest BCUT2D eigenvalue weighted by molar-refractivity contribution is 7.09. The van der Waals surface area contributed by atoms with E-state index in [1.807, 2.05) is 0 Å². The quantitative estimate of drug-likeness (QED) is 0.754. The Kier molecular flexibility index (Phi) is 4.50. The largest absolute Gasteiger partial charge is 0.382 e. The fraction of sp³-hybridized carbons (Fsp3) is 0.750. The summed E-state index contributed by atoms with van der Waals surface area (Å²) in [6, 6.07) is 0. The van der Waals surface area contributed by atoms with Gasteiger partial charge in [-0.05, 0) is 19.3 Å². The summed E-state index contributed by atoms with van der Waals surface area (Å²) in [6.07, 6.45) is 4.23. The fourth-order valence-corrected chi connectivity index (χ4v) is 2.76. The van der Waals surface area contributed by atoms with Crippen LogP contribution in [-0.2, 0) is 21.4 Å². The molecule has 1 fully saturated rings. The van der Waals surface area contributed by atoms with E-state index in [-0.39, 0.29) is 5.54 Å². The molecule has 0 aliphatic heterocycles. The van der Waals surface area contributed by atoms with Gasteiger partial charge in [0.05, 0.1) is 36.1 Å². The third kappa shape index (κ3) is 3.25. The molecule has 0 radical (unpaired) electrons. The molecule has 0 spiro atoms. The molecular weight excluding hydrogens is 236 g/mol. The first-order valence-electron chi connectivity index (χ1n) is 6.05. The van der Waals surface area contributed by atoms with Crippen LogP contribution in [0.4, 0.5) is 0 Å². The van der Waals surface area contributed by atoms with E-state index in [0.29, 0.717) is 19.8 Å². The molecule has 1 heterocycles. The molecule has 2 N–H and O–H groups in total. The Bertz CT molecular complexity index is 350. The molecule has 1 aliphatic carbocycles. The first-order valence-corrected chi connectivity index (χ1v) is 6.93. The van der Waals surface area contributed by atoms with E-state index >= 15 is 0 Å². The van der Waals surface area contributed by atoms with Gasteiger partial charge in [0.15, 0.2) is 0 Å². The van der Waals surface area contributed by atoms with E-state index in [1.165, 1.54) is 6.42 Å². The third-order valence-corrected chi connectivity index (χ3v) is 4.11. The Hall–Kier alpha value is -0.490. The summed E-state index contributed by atoms with van der Waals surface area (Å²) < 4.78 is 10.3. The molecule has 17 heavy (non-hydrogen) atoms. The Balaban J connectivity index is 1.74. The van der Waals surface area contributed by atoms with Gasteiger partial charge in [0.2, 0.25) is 0 Å². The van der Waals surface area contributed by atoms with Gasteiger partial charge in [-0.3, -0.25) is 0 Å². The molecule has 5 heteroatoms. The molecule has 0 aromatic carbocycles. The molecule has 0 amide bonds. The summed E-state index contributed by atoms with van der Waals surface area (Å²) in [7, 11) is 1.68. The summed E-state index contributed by atoms with van der Waals surface area (Å²) >= 11 is 1.69. The number of aromatic nitrogens is 1. The molecule has 96 valence electrons. The molecule has 0 saturated heterocycles. The monoisotopic (exact) mass is 256 g/mol. The van der Waals surface area contributed by atoms with Crippen molar-refractivity contribution in [2.75, 3.05) is 26.9 Å². The maximum absolute atomic E-state index is 6.23. The number of nitrogens with two attached hydrogens (primary N) is 1. The lowest BCUT2D eigenvalue weighted by molar-refractivity contribution is 0.0722. The highest BCUT2D eigenvalue weighted by Crippen LogP contribution is 2.38. The van der Waals surface area contributed by atoms with Gasteiger partial charge in [0.1, 0.15) is 0 Å². The summed E-state index contributed by atoms with van der Waals surface area (Å²) in [5.41, 5.74) is 7.16. The molecule has 1 aromatic rings. The van der Waals surface area contributed by atoms with Crippen molar-refractivity contribution in [1.29, 1.82) is 0 Å². The minimum atomic E-state index is -0.133. The number of methoxy groups -OCH3 is 1. The van der Waals surface area contributed by atoms with Gasteiger partial charge in [-0.25, -0.2) is 4.98 Å². The van der Waals surface area contributed by atoms with Gasteiger partial charge in [0, 0.05) is 18.9 Å². The van der Waals surface area contributed by atoms with Gasteiger partial charge in [-0.15, -0.1) is 11.3 Å². The summed E-state index contributed by atoms with van der Waals surface area (Å²) in [4.78, 5) is 4.60. The van der Waals surface area contributed by atoms with Crippen LogP contribution in [-0.4, -0.2) is 31.9 Å². The van der Waals surface area contributed by atoms with Crippen LogP contribution in [0.3, 0.4) is 0 Å². The second kappa shape index (κ2) is 5.91. The Morgan fingerprint density at radius 3 is 2.88 bits per heavy atom. The topological polar surface area (TPSA) is 57.4 Å². The van der Waals surface area contributed by atoms with Crippen molar-refractivity contribution in [2.24, 2.45) is 5.73 Å². The van der Waals surface area contributed by atoms with Crippen LogP contribution < -0.4 is 5.73 Å². The van der Waals surface area contributed by atoms with Crippen LogP contribution in [0.2, 0.25) is 0 Å². The van der Waals surface area contributed by atoms with E-state index < -0.39 is 0 Å². The normalized spacial score (nSPS) is 18.0. The van der Waals surface area contributed by atoms with Crippen molar-refractivity contribution in [1.82, 2.24) is 4.98 Å². The number of thiazole rings is 1. The lowest BCUT2D eigenvalue weighted by Gasteiger charge is -2.36. The van der Waals surface area contributed by atoms with Crippen molar-refractivity contribution < 1.29 is 9.47 Å². The van der Waals surface area contributed by atoms with E-state index in [4.69, 9.17) is 15.2 Å². The Labute approximate surface area is 106 Å². The molecule has 0 bridgehead atoms. The van der Waals surface area contributed by atoms with E-state index in [1.54, 1.807) is 18.4 Å². The van der Waals surface area contributed by atoms with Gasteiger partial charge < -0.3 is 15.2 Å². The standard InChI is InChI=1S/C12H20N2O2S/c1-15-7-8-16-6-3-11-14-10(9-17-11)12(13)4-2-5-12/h9H,2-8,13H2,1H3. The molecule has 1 saturated carbocycles. The van der Waals surface area contributed by atoms with E-state index in [2.05, 4.69) is 10.4 Å². The first-order chi connectivity index (χ1) is 8.24. The zero-order valence-corrected chi connectivity index (χ0v) is 11.1. The van der Waals surface area contributed by atoms with Crippen LogP contribution in [0.5, 0.6) is 0 Å². The van der Waals surface area contributed by atoms with Crippen LogP contribution >= 0.6 is 11.3 Å². The highest BCUT2D eigenvalue weighted by Gasteiger charge is 2.36. The minimum absolute atomic E-state index is 0.133. The smallest absolute Gasteiger partial charge is 0.0952 e. The van der Waals surface area contributed by atoms with Gasteiger partial charge in [-0.2, -0.15) is 0 Å². The fourth-order valence-electron chi connectivity index (χ4n) is 1.87. The van der Waals surface area contributed by atoms with Crippen LogP contribution in [0.1, 0.15) is 30.0 Å². The predicted molar refractivity (Wildman–Crippen MR) is 68.2 cm³/mol. The second-order valence-corrected chi connectivity index (χ2v) is 5.43. The number of ether oxygens (including phenoxy) is 2. The maximum Gasteiger partial charge on any atom is 0.0952 e. The Morgan fingerprint density at radius 2 is 2.24 bits per heavy atom. The highest BCUT2D eigenvalue weighted by atomic mass is 32.1. The molecule has 0 atom stereocenters. The molecule has 2 rings (SSSR count). The van der Waals surface area contributed by atoms with Crippen LogP contribution in [0.15, 0.2) is 5.38 Å². The van der Waals surface area contributed by atoms with Gasteiger partial charge in [-0.1, -0.05) is 0 Å². The van der Waals surface area contributed by atoms with Crippen molar-refractivity contribution in [3.05, 3.63) is 16.1 Å². The van der Waals surface area contributed by atoms with Crippen molar-refractivity contribution >= 4 is 11.3 Å². The number of hydrogen-bond acceptors (Lipinski definition) is 5. The Morgan fingerprint density at radius 1 is 1.41 bits per heavy atom. The van der Waals surface area contributed by atoms with Crippen molar-refractivity contribution in [3.8, 4) is 0 Å². The van der Waals surface area contributed by atoms with Crippen molar-refractivity contribution in [3.63, 3.8) is 0 Å². The SMILES string of the molecule is COCCOCCc1nc(C2(N)CCC2)cs1. The zero-order chi connectivity index (χ0) is 12.1. The van der Waals surface area contributed by atoms with Crippen LogP contribution in [0.25, 0.3) is 0 Å². The second-order valence-electron chi connectivity index (χ2n) is 4.49. The van der Waals surface area contributed by atoms with E-state index in [0.717, 1.165) is 30.0 Å². The van der Waals surface area contributed by atoms with Crippen LogP contribution in [0, 0.1) is 0 Å². The lowest BCUT2D eigenvalue weighted by Crippen LogP contribution is -2.43. The average Bonchev–Trinajstić information content (AvgIpc) is 2.75. The molecule has 4 nitrogen and oxygen atoms in total. The number of nitrogens with zero attached hydrogens (tertiary/aromatic N) is 1. The lowest BCUT2D eigenvalue weighted by atomic mass is 9.76. The summed E-state index contributed by atoms with van der Waals surface area (Å²) in [5.74, 6) is 0. The van der Waals surface area contributed by atoms with Crippen molar-refractivity contribution in [2.45, 2.75) is 31.2 Å². The molecular formula is C12H20N2O2S. The predicted octanol–water partition coefficient (Wildman–Crippen LogP) is 1.69. The average molecular weight is 256 g/mol.